The van der Waals surface area contributed by atoms with Crippen LogP contribution in [0.25, 0.3) is 0 Å². The predicted octanol–water partition coefficient (Wildman–Crippen LogP) is 5.36. The third-order valence-corrected chi connectivity index (χ3v) is 7.69. The van der Waals surface area contributed by atoms with E-state index in [1.807, 2.05) is 19.1 Å². The van der Waals surface area contributed by atoms with Crippen molar-refractivity contribution in [1.29, 1.82) is 0 Å². The van der Waals surface area contributed by atoms with Crippen molar-refractivity contribution < 1.29 is 19.5 Å². The molecule has 0 unspecified atom stereocenters. The zero-order chi connectivity index (χ0) is 25.8. The average Bonchev–Trinajstić information content (AvgIpc) is 3.03. The minimum Gasteiger partial charge on any atom is -0.481 e. The van der Waals surface area contributed by atoms with Crippen LogP contribution in [0, 0.1) is 11.3 Å². The number of nitrogens with zero attached hydrogens (tertiary/aromatic N) is 2. The number of unbranched alkanes of at least 4 members (excludes halogenated alkanes) is 1. The quantitative estimate of drug-likeness (QED) is 0.494. The van der Waals surface area contributed by atoms with Gasteiger partial charge in [0, 0.05) is 12.1 Å². The van der Waals surface area contributed by atoms with Gasteiger partial charge in [-0.1, -0.05) is 52.7 Å². The summed E-state index contributed by atoms with van der Waals surface area (Å²) in [6.45, 7) is 11.0. The van der Waals surface area contributed by atoms with Crippen LogP contribution < -0.4 is 5.32 Å². The summed E-state index contributed by atoms with van der Waals surface area (Å²) in [4.78, 5) is 43.6. The molecule has 0 bridgehead atoms. The van der Waals surface area contributed by atoms with Crippen LogP contribution in [-0.4, -0.2) is 45.7 Å². The van der Waals surface area contributed by atoms with Gasteiger partial charge in [-0.15, -0.1) is 0 Å². The molecular weight excluding hydrogens is 442 g/mol. The molecule has 2 amide bonds. The molecule has 0 aromatic heterocycles. The Morgan fingerprint density at radius 1 is 1.20 bits per heavy atom. The summed E-state index contributed by atoms with van der Waals surface area (Å²) in [5, 5.41) is 11.4. The Labute approximate surface area is 209 Å². The molecule has 1 aliphatic heterocycles. The summed E-state index contributed by atoms with van der Waals surface area (Å²) in [5.74, 6) is -0.598. The Bertz CT molecular complexity index is 953. The van der Waals surface area contributed by atoms with Gasteiger partial charge in [-0.05, 0) is 68.1 Å². The molecule has 1 aromatic rings. The lowest BCUT2D eigenvalue weighted by Gasteiger charge is -2.47. The van der Waals surface area contributed by atoms with E-state index in [9.17, 15) is 14.4 Å². The summed E-state index contributed by atoms with van der Waals surface area (Å²) in [5.41, 5.74) is 1.85. The number of hydrogen-bond donors (Lipinski definition) is 2. The van der Waals surface area contributed by atoms with Crippen LogP contribution in [-0.2, 0) is 9.59 Å². The molecule has 1 spiro atoms. The smallest absolute Gasteiger partial charge is 0.305 e. The lowest BCUT2D eigenvalue weighted by atomic mass is 9.69. The van der Waals surface area contributed by atoms with Gasteiger partial charge in [0.1, 0.15) is 5.66 Å². The fourth-order valence-electron chi connectivity index (χ4n) is 5.59. The van der Waals surface area contributed by atoms with Gasteiger partial charge in [0.15, 0.2) is 0 Å². The fraction of sp³-hybridized carbons (Fsp3) is 0.643. The zero-order valence-corrected chi connectivity index (χ0v) is 21.9. The van der Waals surface area contributed by atoms with Crippen molar-refractivity contribution in [3.8, 4) is 0 Å². The molecule has 1 aromatic carbocycles. The van der Waals surface area contributed by atoms with E-state index in [0.29, 0.717) is 17.2 Å². The Kier molecular flexibility index (Phi) is 8.39. The first-order chi connectivity index (χ1) is 16.5. The molecule has 1 aliphatic carbocycles. The summed E-state index contributed by atoms with van der Waals surface area (Å²) in [6.07, 6.45) is 6.62. The second-order valence-electron chi connectivity index (χ2n) is 11.2. The summed E-state index contributed by atoms with van der Waals surface area (Å²) < 4.78 is 0. The molecule has 0 radical (unpaired) electrons. The number of rotatable bonds is 9. The highest BCUT2D eigenvalue weighted by Crippen LogP contribution is 2.49. The summed E-state index contributed by atoms with van der Waals surface area (Å²) in [7, 11) is 0. The first kappa shape index (κ1) is 26.9. The number of aliphatic carboxylic acids is 1. The van der Waals surface area contributed by atoms with Crippen molar-refractivity contribution >= 4 is 23.5 Å². The molecular formula is C28H41N3O4. The second-order valence-corrected chi connectivity index (χ2v) is 11.2. The normalized spacial score (nSPS) is 23.3. The largest absolute Gasteiger partial charge is 0.481 e. The molecule has 1 fully saturated rings. The molecule has 2 aliphatic rings. The number of carbonyl (C=O) groups is 3. The van der Waals surface area contributed by atoms with Crippen molar-refractivity contribution in [3.63, 3.8) is 0 Å². The zero-order valence-electron chi connectivity index (χ0n) is 21.9. The van der Waals surface area contributed by atoms with Crippen molar-refractivity contribution in [2.75, 3.05) is 6.54 Å². The van der Waals surface area contributed by atoms with Gasteiger partial charge in [-0.2, -0.15) is 0 Å². The molecule has 2 N–H and O–H groups in total. The van der Waals surface area contributed by atoms with Crippen molar-refractivity contribution in [1.82, 2.24) is 10.2 Å². The molecule has 1 saturated carbocycles. The topological polar surface area (TPSA) is 99.1 Å². The van der Waals surface area contributed by atoms with E-state index in [1.165, 1.54) is 0 Å². The van der Waals surface area contributed by atoms with E-state index in [4.69, 9.17) is 10.1 Å². The maximum Gasteiger partial charge on any atom is 0.305 e. The standard InChI is InChI=1S/C28H41N3O4/c1-6-7-8-23(20-9-11-21(12-10-20)25(34)29-18-15-24(32)33)31-26(35)19(2)30-28(31)16-13-22(14-17-28)27(3,4)5/h9-12,22-23H,6-8,13-18H2,1-5H3,(H,29,34)(H,32,33)/t22?,23-,28?/m1/s1. The number of carbonyl (C=O) groups excluding carboxylic acids is 2. The van der Waals surface area contributed by atoms with Gasteiger partial charge in [-0.25, -0.2) is 0 Å². The van der Waals surface area contributed by atoms with E-state index in [2.05, 4.69) is 37.9 Å². The molecule has 1 heterocycles. The lowest BCUT2D eigenvalue weighted by molar-refractivity contribution is -0.137. The van der Waals surface area contributed by atoms with Crippen molar-refractivity contribution in [3.05, 3.63) is 35.4 Å². The van der Waals surface area contributed by atoms with Crippen LogP contribution >= 0.6 is 0 Å². The number of hydrogen-bond acceptors (Lipinski definition) is 4. The van der Waals surface area contributed by atoms with E-state index >= 15 is 0 Å². The summed E-state index contributed by atoms with van der Waals surface area (Å²) in [6, 6.07) is 7.30. The van der Waals surface area contributed by atoms with Gasteiger partial charge in [0.2, 0.25) is 0 Å². The van der Waals surface area contributed by atoms with E-state index in [-0.39, 0.29) is 36.2 Å². The second kappa shape index (κ2) is 10.9. The van der Waals surface area contributed by atoms with E-state index < -0.39 is 11.6 Å². The summed E-state index contributed by atoms with van der Waals surface area (Å²) >= 11 is 0. The molecule has 7 nitrogen and oxygen atoms in total. The maximum atomic E-state index is 13.5. The number of nitrogens with one attached hydrogen (secondary N) is 1. The van der Waals surface area contributed by atoms with Gasteiger partial charge in [0.05, 0.1) is 18.2 Å². The van der Waals surface area contributed by atoms with Gasteiger partial charge < -0.3 is 15.3 Å². The van der Waals surface area contributed by atoms with E-state index in [0.717, 1.165) is 50.5 Å². The monoisotopic (exact) mass is 483 g/mol. The van der Waals surface area contributed by atoms with Crippen LogP contribution in [0.1, 0.15) is 108 Å². The minimum absolute atomic E-state index is 0.0239. The molecule has 3 rings (SSSR count). The highest BCUT2D eigenvalue weighted by Gasteiger charge is 2.51. The molecule has 0 saturated heterocycles. The number of carboxylic acids is 1. The number of carboxylic acid groups (broad SMARTS) is 1. The fourth-order valence-corrected chi connectivity index (χ4v) is 5.59. The van der Waals surface area contributed by atoms with E-state index in [1.54, 1.807) is 12.1 Å². The van der Waals surface area contributed by atoms with Crippen molar-refractivity contribution in [2.45, 2.75) is 97.7 Å². The minimum atomic E-state index is -0.947. The number of amides is 2. The van der Waals surface area contributed by atoms with Crippen LogP contribution in [0.5, 0.6) is 0 Å². The Balaban J connectivity index is 1.84. The van der Waals surface area contributed by atoms with Crippen LogP contribution in [0.3, 0.4) is 0 Å². The van der Waals surface area contributed by atoms with Crippen LogP contribution in [0.2, 0.25) is 0 Å². The number of aliphatic imine (C=N–C) groups is 1. The first-order valence-corrected chi connectivity index (χ1v) is 13.0. The Morgan fingerprint density at radius 3 is 2.37 bits per heavy atom. The van der Waals surface area contributed by atoms with Crippen LogP contribution in [0.15, 0.2) is 29.3 Å². The van der Waals surface area contributed by atoms with Crippen LogP contribution in [0.4, 0.5) is 0 Å². The highest BCUT2D eigenvalue weighted by molar-refractivity contribution is 6.39. The predicted molar refractivity (Wildman–Crippen MR) is 137 cm³/mol. The lowest BCUT2D eigenvalue weighted by Crippen LogP contribution is -2.51. The molecule has 35 heavy (non-hydrogen) atoms. The Hall–Kier alpha value is -2.70. The highest BCUT2D eigenvalue weighted by atomic mass is 16.4. The van der Waals surface area contributed by atoms with Crippen molar-refractivity contribution in [2.24, 2.45) is 16.3 Å². The van der Waals surface area contributed by atoms with Gasteiger partial charge in [0.25, 0.3) is 11.8 Å². The third kappa shape index (κ3) is 6.11. The molecule has 7 heteroatoms. The number of benzene rings is 1. The molecule has 192 valence electrons. The Morgan fingerprint density at radius 2 is 1.83 bits per heavy atom. The SMILES string of the molecule is CCCC[C@H](c1ccc(C(=O)NCCC(=O)O)cc1)N1C(=O)C(C)=NC12CCC(C(C)(C)C)CC2. The first-order valence-electron chi connectivity index (χ1n) is 13.0. The molecule has 1 atom stereocenters. The van der Waals surface area contributed by atoms with Gasteiger partial charge >= 0.3 is 5.97 Å². The maximum absolute atomic E-state index is 13.5. The average molecular weight is 484 g/mol. The third-order valence-electron chi connectivity index (χ3n) is 7.69. The van der Waals surface area contributed by atoms with Gasteiger partial charge in [-0.3, -0.25) is 19.4 Å².